The van der Waals surface area contributed by atoms with Gasteiger partial charge in [-0.25, -0.2) is 0 Å². The van der Waals surface area contributed by atoms with Crippen LogP contribution in [0.1, 0.15) is 32.6 Å². The van der Waals surface area contributed by atoms with E-state index in [1.807, 2.05) is 0 Å². The predicted octanol–water partition coefficient (Wildman–Crippen LogP) is 1.06. The zero-order chi connectivity index (χ0) is 11.3. The highest BCUT2D eigenvalue weighted by molar-refractivity contribution is 4.83. The van der Waals surface area contributed by atoms with Crippen molar-refractivity contribution in [1.82, 2.24) is 4.90 Å². The standard InChI is InChI=1S/C12H26N2O/c1-3-10-4-5-12(13)11(8-10)9-14(2)6-7-15/h10-12,15H,3-9,13H2,1-2H3. The van der Waals surface area contributed by atoms with E-state index in [9.17, 15) is 0 Å². The molecule has 0 heterocycles. The summed E-state index contributed by atoms with van der Waals surface area (Å²) in [5.74, 6) is 1.50. The van der Waals surface area contributed by atoms with Crippen molar-refractivity contribution in [3.05, 3.63) is 0 Å². The predicted molar refractivity (Wildman–Crippen MR) is 63.7 cm³/mol. The van der Waals surface area contributed by atoms with E-state index in [1.54, 1.807) is 0 Å². The van der Waals surface area contributed by atoms with Crippen molar-refractivity contribution in [2.75, 3.05) is 26.7 Å². The molecule has 1 aliphatic rings. The Morgan fingerprint density at radius 2 is 2.13 bits per heavy atom. The van der Waals surface area contributed by atoms with E-state index in [4.69, 9.17) is 10.8 Å². The Kier molecular flexibility index (Phi) is 5.58. The summed E-state index contributed by atoms with van der Waals surface area (Å²) in [7, 11) is 2.07. The van der Waals surface area contributed by atoms with Gasteiger partial charge in [0.05, 0.1) is 6.61 Å². The second-order valence-corrected chi connectivity index (χ2v) is 5.00. The third kappa shape index (κ3) is 4.09. The molecule has 3 unspecified atom stereocenters. The lowest BCUT2D eigenvalue weighted by atomic mass is 9.77. The first-order chi connectivity index (χ1) is 7.17. The largest absolute Gasteiger partial charge is 0.395 e. The third-order valence-electron chi connectivity index (χ3n) is 3.76. The summed E-state index contributed by atoms with van der Waals surface area (Å²) in [5.41, 5.74) is 6.15. The number of nitrogens with two attached hydrogens (primary N) is 1. The molecule has 0 saturated heterocycles. The highest BCUT2D eigenvalue weighted by Gasteiger charge is 2.27. The molecule has 0 aliphatic heterocycles. The van der Waals surface area contributed by atoms with E-state index in [1.165, 1.54) is 25.7 Å². The molecule has 1 rings (SSSR count). The van der Waals surface area contributed by atoms with Gasteiger partial charge < -0.3 is 15.7 Å². The molecule has 3 atom stereocenters. The van der Waals surface area contributed by atoms with Gasteiger partial charge in [0.1, 0.15) is 0 Å². The Bertz CT molecular complexity index is 175. The summed E-state index contributed by atoms with van der Waals surface area (Å²) in [6, 6.07) is 0.369. The molecule has 3 heteroatoms. The summed E-state index contributed by atoms with van der Waals surface area (Å²) in [6.45, 7) is 4.32. The molecule has 0 aromatic heterocycles. The van der Waals surface area contributed by atoms with E-state index >= 15 is 0 Å². The van der Waals surface area contributed by atoms with Crippen LogP contribution in [-0.2, 0) is 0 Å². The zero-order valence-electron chi connectivity index (χ0n) is 10.2. The van der Waals surface area contributed by atoms with Crippen molar-refractivity contribution >= 4 is 0 Å². The van der Waals surface area contributed by atoms with Gasteiger partial charge in [0, 0.05) is 19.1 Å². The van der Waals surface area contributed by atoms with Crippen molar-refractivity contribution in [1.29, 1.82) is 0 Å². The molecule has 0 spiro atoms. The summed E-state index contributed by atoms with van der Waals surface area (Å²) >= 11 is 0. The minimum absolute atomic E-state index is 0.246. The first-order valence-electron chi connectivity index (χ1n) is 6.22. The van der Waals surface area contributed by atoms with Crippen LogP contribution in [0.25, 0.3) is 0 Å². The van der Waals surface area contributed by atoms with Gasteiger partial charge in [-0.15, -0.1) is 0 Å². The average Bonchev–Trinajstić information content (AvgIpc) is 2.21. The zero-order valence-corrected chi connectivity index (χ0v) is 10.2. The molecule has 0 radical (unpaired) electrons. The van der Waals surface area contributed by atoms with E-state index in [2.05, 4.69) is 18.9 Å². The van der Waals surface area contributed by atoms with Crippen molar-refractivity contribution in [2.45, 2.75) is 38.6 Å². The summed E-state index contributed by atoms with van der Waals surface area (Å²) in [5, 5.41) is 8.86. The highest BCUT2D eigenvalue weighted by Crippen LogP contribution is 2.30. The monoisotopic (exact) mass is 214 g/mol. The number of aliphatic hydroxyl groups is 1. The molecular formula is C12H26N2O. The number of rotatable bonds is 5. The molecule has 3 N–H and O–H groups in total. The van der Waals surface area contributed by atoms with Gasteiger partial charge in [-0.05, 0) is 38.1 Å². The molecular weight excluding hydrogens is 188 g/mol. The SMILES string of the molecule is CCC1CCC(N)C(CN(C)CCO)C1. The number of nitrogens with zero attached hydrogens (tertiary/aromatic N) is 1. The fourth-order valence-corrected chi connectivity index (χ4v) is 2.63. The Hall–Kier alpha value is -0.120. The minimum Gasteiger partial charge on any atom is -0.395 e. The van der Waals surface area contributed by atoms with Gasteiger partial charge in [0.25, 0.3) is 0 Å². The molecule has 0 aromatic carbocycles. The maximum Gasteiger partial charge on any atom is 0.0558 e. The number of aliphatic hydroxyl groups excluding tert-OH is 1. The third-order valence-corrected chi connectivity index (χ3v) is 3.76. The lowest BCUT2D eigenvalue weighted by molar-refractivity contribution is 0.152. The Morgan fingerprint density at radius 1 is 1.40 bits per heavy atom. The van der Waals surface area contributed by atoms with Crippen molar-refractivity contribution in [3.63, 3.8) is 0 Å². The molecule has 90 valence electrons. The molecule has 1 aliphatic carbocycles. The topological polar surface area (TPSA) is 49.5 Å². The molecule has 1 saturated carbocycles. The van der Waals surface area contributed by atoms with Crippen LogP contribution in [0.15, 0.2) is 0 Å². The lowest BCUT2D eigenvalue weighted by Gasteiger charge is -2.36. The molecule has 3 nitrogen and oxygen atoms in total. The van der Waals surface area contributed by atoms with Gasteiger partial charge >= 0.3 is 0 Å². The first-order valence-corrected chi connectivity index (χ1v) is 6.22. The van der Waals surface area contributed by atoms with Crippen LogP contribution >= 0.6 is 0 Å². The summed E-state index contributed by atoms with van der Waals surface area (Å²) in [6.07, 6.45) is 5.04. The van der Waals surface area contributed by atoms with Gasteiger partial charge in [-0.3, -0.25) is 0 Å². The van der Waals surface area contributed by atoms with E-state index in [0.717, 1.165) is 19.0 Å². The van der Waals surface area contributed by atoms with Crippen molar-refractivity contribution < 1.29 is 5.11 Å². The van der Waals surface area contributed by atoms with E-state index < -0.39 is 0 Å². The van der Waals surface area contributed by atoms with Gasteiger partial charge in [-0.1, -0.05) is 13.3 Å². The van der Waals surface area contributed by atoms with Crippen LogP contribution in [0.3, 0.4) is 0 Å². The first kappa shape index (κ1) is 12.9. The fraction of sp³-hybridized carbons (Fsp3) is 1.00. The van der Waals surface area contributed by atoms with Crippen LogP contribution in [0, 0.1) is 11.8 Å². The molecule has 0 amide bonds. The normalized spacial score (nSPS) is 32.2. The van der Waals surface area contributed by atoms with Crippen LogP contribution in [0.5, 0.6) is 0 Å². The Balaban J connectivity index is 2.36. The smallest absolute Gasteiger partial charge is 0.0558 e. The van der Waals surface area contributed by atoms with Crippen molar-refractivity contribution in [2.24, 2.45) is 17.6 Å². The van der Waals surface area contributed by atoms with Gasteiger partial charge in [0.15, 0.2) is 0 Å². The molecule has 1 fully saturated rings. The second kappa shape index (κ2) is 6.46. The average molecular weight is 214 g/mol. The number of likely N-dealkylation sites (N-methyl/N-ethyl adjacent to an activating group) is 1. The number of hydrogen-bond donors (Lipinski definition) is 2. The van der Waals surface area contributed by atoms with Crippen LogP contribution in [0.2, 0.25) is 0 Å². The summed E-state index contributed by atoms with van der Waals surface area (Å²) in [4.78, 5) is 2.20. The highest BCUT2D eigenvalue weighted by atomic mass is 16.3. The molecule has 15 heavy (non-hydrogen) atoms. The fourth-order valence-electron chi connectivity index (χ4n) is 2.63. The van der Waals surface area contributed by atoms with Crippen LogP contribution < -0.4 is 5.73 Å². The lowest BCUT2D eigenvalue weighted by Crippen LogP contribution is -2.42. The quantitative estimate of drug-likeness (QED) is 0.719. The molecule has 0 bridgehead atoms. The van der Waals surface area contributed by atoms with Crippen LogP contribution in [0.4, 0.5) is 0 Å². The number of hydrogen-bond acceptors (Lipinski definition) is 3. The second-order valence-electron chi connectivity index (χ2n) is 5.00. The summed E-state index contributed by atoms with van der Waals surface area (Å²) < 4.78 is 0. The van der Waals surface area contributed by atoms with E-state index in [-0.39, 0.29) is 6.61 Å². The van der Waals surface area contributed by atoms with E-state index in [0.29, 0.717) is 12.0 Å². The minimum atomic E-state index is 0.246. The Morgan fingerprint density at radius 3 is 2.73 bits per heavy atom. The van der Waals surface area contributed by atoms with Gasteiger partial charge in [0.2, 0.25) is 0 Å². The molecule has 0 aromatic rings. The maximum absolute atomic E-state index is 8.86. The maximum atomic E-state index is 8.86. The Labute approximate surface area is 93.6 Å². The van der Waals surface area contributed by atoms with Crippen molar-refractivity contribution in [3.8, 4) is 0 Å². The van der Waals surface area contributed by atoms with Gasteiger partial charge in [-0.2, -0.15) is 0 Å². The van der Waals surface area contributed by atoms with Crippen LogP contribution in [-0.4, -0.2) is 42.8 Å².